The third-order valence-corrected chi connectivity index (χ3v) is 5.67. The van der Waals surface area contributed by atoms with Crippen LogP contribution in [-0.4, -0.2) is 53.8 Å². The molecule has 0 radical (unpaired) electrons. The van der Waals surface area contributed by atoms with Crippen LogP contribution in [0.2, 0.25) is 5.02 Å². The van der Waals surface area contributed by atoms with Gasteiger partial charge < -0.3 is 9.84 Å². The van der Waals surface area contributed by atoms with Crippen molar-refractivity contribution >= 4 is 11.6 Å². The highest BCUT2D eigenvalue weighted by molar-refractivity contribution is 6.32. The molecule has 5 heteroatoms. The van der Waals surface area contributed by atoms with Gasteiger partial charge in [0.25, 0.3) is 0 Å². The summed E-state index contributed by atoms with van der Waals surface area (Å²) in [7, 11) is 0. The summed E-state index contributed by atoms with van der Waals surface area (Å²) in [5.74, 6) is 0.156. The summed E-state index contributed by atoms with van der Waals surface area (Å²) in [5, 5.41) is 10.3. The smallest absolute Gasteiger partial charge is 0.134 e. The van der Waals surface area contributed by atoms with Gasteiger partial charge in [0.15, 0.2) is 0 Å². The van der Waals surface area contributed by atoms with Gasteiger partial charge in [0.1, 0.15) is 5.75 Å². The van der Waals surface area contributed by atoms with Gasteiger partial charge in [-0.3, -0.25) is 9.80 Å². The van der Waals surface area contributed by atoms with Crippen LogP contribution in [0.25, 0.3) is 0 Å². The van der Waals surface area contributed by atoms with Gasteiger partial charge in [-0.2, -0.15) is 0 Å². The Morgan fingerprint density at radius 2 is 1.88 bits per heavy atom. The van der Waals surface area contributed by atoms with Crippen LogP contribution in [0.5, 0.6) is 5.75 Å². The van der Waals surface area contributed by atoms with Gasteiger partial charge in [0.2, 0.25) is 0 Å². The fourth-order valence-electron chi connectivity index (χ4n) is 3.94. The van der Waals surface area contributed by atoms with Crippen LogP contribution < -0.4 is 0 Å². The molecule has 0 aromatic heterocycles. The molecule has 0 amide bonds. The Morgan fingerprint density at radius 1 is 1.04 bits per heavy atom. The highest BCUT2D eigenvalue weighted by Gasteiger charge is 2.36. The summed E-state index contributed by atoms with van der Waals surface area (Å²) in [6, 6.07) is 16.8. The molecule has 2 saturated heterocycles. The molecule has 0 spiro atoms. The molecule has 2 aromatic rings. The van der Waals surface area contributed by atoms with Crippen LogP contribution in [0.4, 0.5) is 0 Å². The number of morpholine rings is 1. The molecular weight excluding hydrogens is 336 g/mol. The summed E-state index contributed by atoms with van der Waals surface area (Å²) >= 11 is 6.24. The molecule has 25 heavy (non-hydrogen) atoms. The lowest BCUT2D eigenvalue weighted by Gasteiger charge is -2.48. The average Bonchev–Trinajstić information content (AvgIpc) is 2.65. The Kier molecular flexibility index (Phi) is 4.95. The molecular formula is C20H23ClN2O2. The van der Waals surface area contributed by atoms with E-state index in [1.54, 1.807) is 6.07 Å². The number of hydrogen-bond acceptors (Lipinski definition) is 4. The summed E-state index contributed by atoms with van der Waals surface area (Å²) < 4.78 is 5.91. The van der Waals surface area contributed by atoms with E-state index in [4.69, 9.17) is 16.3 Å². The molecule has 0 aliphatic carbocycles. The first-order valence-electron chi connectivity index (χ1n) is 8.79. The van der Waals surface area contributed by atoms with Gasteiger partial charge in [-0.05, 0) is 17.2 Å². The number of phenolic OH excluding ortho intramolecular Hbond substituents is 1. The monoisotopic (exact) mass is 358 g/mol. The van der Waals surface area contributed by atoms with Crippen molar-refractivity contribution in [3.8, 4) is 5.75 Å². The zero-order chi connectivity index (χ0) is 17.2. The number of piperazine rings is 1. The lowest BCUT2D eigenvalue weighted by molar-refractivity contribution is -0.0835. The van der Waals surface area contributed by atoms with E-state index in [2.05, 4.69) is 40.1 Å². The molecule has 0 saturated carbocycles. The SMILES string of the molecule is Oc1cccc(CN2CCN3[C@@H](COC[C@@H]3c3ccccc3)C2)c1Cl. The van der Waals surface area contributed by atoms with E-state index in [0.29, 0.717) is 17.1 Å². The number of aromatic hydroxyl groups is 1. The molecule has 2 atom stereocenters. The zero-order valence-corrected chi connectivity index (χ0v) is 14.9. The van der Waals surface area contributed by atoms with E-state index in [0.717, 1.165) is 45.0 Å². The molecule has 1 N–H and O–H groups in total. The van der Waals surface area contributed by atoms with E-state index in [1.807, 2.05) is 12.1 Å². The number of halogens is 1. The summed E-state index contributed by atoms with van der Waals surface area (Å²) in [5.41, 5.74) is 2.31. The highest BCUT2D eigenvalue weighted by atomic mass is 35.5. The summed E-state index contributed by atoms with van der Waals surface area (Å²) in [4.78, 5) is 4.98. The van der Waals surface area contributed by atoms with E-state index in [-0.39, 0.29) is 5.75 Å². The van der Waals surface area contributed by atoms with Crippen molar-refractivity contribution in [1.82, 2.24) is 9.80 Å². The lowest BCUT2D eigenvalue weighted by atomic mass is 10.00. The first kappa shape index (κ1) is 16.9. The van der Waals surface area contributed by atoms with Crippen molar-refractivity contribution in [1.29, 1.82) is 0 Å². The largest absolute Gasteiger partial charge is 0.506 e. The van der Waals surface area contributed by atoms with Gasteiger partial charge in [-0.25, -0.2) is 0 Å². The number of rotatable bonds is 3. The average molecular weight is 359 g/mol. The first-order valence-corrected chi connectivity index (χ1v) is 9.17. The minimum Gasteiger partial charge on any atom is -0.506 e. The van der Waals surface area contributed by atoms with Crippen LogP contribution >= 0.6 is 11.6 Å². The first-order chi connectivity index (χ1) is 12.2. The molecule has 132 valence electrons. The Hall–Kier alpha value is -1.59. The third-order valence-electron chi connectivity index (χ3n) is 5.24. The maximum atomic E-state index is 9.80. The van der Waals surface area contributed by atoms with Crippen molar-refractivity contribution < 1.29 is 9.84 Å². The van der Waals surface area contributed by atoms with E-state index in [9.17, 15) is 5.11 Å². The quantitative estimate of drug-likeness (QED) is 0.913. The number of ether oxygens (including phenoxy) is 1. The molecule has 0 bridgehead atoms. The predicted octanol–water partition coefficient (Wildman–Crippen LogP) is 3.30. The number of fused-ring (bicyclic) bond motifs is 1. The fourth-order valence-corrected chi connectivity index (χ4v) is 4.13. The lowest BCUT2D eigenvalue weighted by Crippen LogP contribution is -2.58. The van der Waals surface area contributed by atoms with E-state index < -0.39 is 0 Å². The minimum atomic E-state index is 0.156. The van der Waals surface area contributed by atoms with Gasteiger partial charge in [0.05, 0.1) is 24.3 Å². The molecule has 2 heterocycles. The standard InChI is InChI=1S/C20H23ClN2O2/c21-20-16(7-4-8-19(20)24)11-22-9-10-23-17(12-22)13-25-14-18(23)15-5-2-1-3-6-15/h1-8,17-18,24H,9-14H2/t17-,18-/m1/s1. The van der Waals surface area contributed by atoms with Crippen LogP contribution in [0.15, 0.2) is 48.5 Å². The summed E-state index contributed by atoms with van der Waals surface area (Å²) in [6.45, 7) is 5.26. The molecule has 2 aromatic carbocycles. The summed E-state index contributed by atoms with van der Waals surface area (Å²) in [6.07, 6.45) is 0. The number of phenols is 1. The van der Waals surface area contributed by atoms with Crippen LogP contribution in [0.3, 0.4) is 0 Å². The van der Waals surface area contributed by atoms with Crippen molar-refractivity contribution in [2.24, 2.45) is 0 Å². The number of nitrogens with zero attached hydrogens (tertiary/aromatic N) is 2. The van der Waals surface area contributed by atoms with Crippen LogP contribution in [-0.2, 0) is 11.3 Å². The second kappa shape index (κ2) is 7.34. The van der Waals surface area contributed by atoms with Gasteiger partial charge in [0, 0.05) is 32.2 Å². The van der Waals surface area contributed by atoms with Crippen molar-refractivity contribution in [2.75, 3.05) is 32.8 Å². The topological polar surface area (TPSA) is 35.9 Å². The Morgan fingerprint density at radius 3 is 2.72 bits per heavy atom. The van der Waals surface area contributed by atoms with Crippen LogP contribution in [0.1, 0.15) is 17.2 Å². The molecule has 2 fully saturated rings. The second-order valence-corrected chi connectivity index (χ2v) is 7.22. The molecule has 2 aliphatic rings. The third kappa shape index (κ3) is 3.53. The normalized spacial score (nSPS) is 24.8. The Bertz CT molecular complexity index is 725. The predicted molar refractivity (Wildman–Crippen MR) is 98.9 cm³/mol. The van der Waals surface area contributed by atoms with Crippen molar-refractivity contribution in [2.45, 2.75) is 18.6 Å². The maximum Gasteiger partial charge on any atom is 0.134 e. The Labute approximate surface area is 153 Å². The molecule has 4 rings (SSSR count). The van der Waals surface area contributed by atoms with Gasteiger partial charge in [-0.1, -0.05) is 54.1 Å². The zero-order valence-electron chi connectivity index (χ0n) is 14.1. The number of hydrogen-bond donors (Lipinski definition) is 1. The maximum absolute atomic E-state index is 9.80. The molecule has 2 aliphatic heterocycles. The van der Waals surface area contributed by atoms with Crippen molar-refractivity contribution in [3.05, 3.63) is 64.7 Å². The van der Waals surface area contributed by atoms with Gasteiger partial charge >= 0.3 is 0 Å². The second-order valence-electron chi connectivity index (χ2n) is 6.84. The minimum absolute atomic E-state index is 0.156. The van der Waals surface area contributed by atoms with E-state index in [1.165, 1.54) is 5.56 Å². The fraction of sp³-hybridized carbons (Fsp3) is 0.400. The van der Waals surface area contributed by atoms with Crippen LogP contribution in [0, 0.1) is 0 Å². The van der Waals surface area contributed by atoms with Crippen molar-refractivity contribution in [3.63, 3.8) is 0 Å². The molecule has 4 nitrogen and oxygen atoms in total. The van der Waals surface area contributed by atoms with Gasteiger partial charge in [-0.15, -0.1) is 0 Å². The van der Waals surface area contributed by atoms with E-state index >= 15 is 0 Å². The molecule has 0 unspecified atom stereocenters. The highest BCUT2D eigenvalue weighted by Crippen LogP contribution is 2.31. The Balaban J connectivity index is 1.46. The number of benzene rings is 2.